The maximum atomic E-state index is 13.3. The van der Waals surface area contributed by atoms with E-state index < -0.39 is 28.7 Å². The predicted octanol–water partition coefficient (Wildman–Crippen LogP) is 3.29. The van der Waals surface area contributed by atoms with Crippen molar-refractivity contribution in [1.82, 2.24) is 0 Å². The zero-order chi connectivity index (χ0) is 14.2. The van der Waals surface area contributed by atoms with E-state index in [9.17, 15) is 24.5 Å². The molecule has 1 fully saturated rings. The molecule has 1 aliphatic carbocycles. The van der Waals surface area contributed by atoms with Gasteiger partial charge in [-0.1, -0.05) is 35.2 Å². The lowest BCUT2D eigenvalue weighted by atomic mass is 9.69. The van der Waals surface area contributed by atoms with Gasteiger partial charge in [0.1, 0.15) is 0 Å². The number of benzene rings is 1. The molecule has 1 aromatic carbocycles. The van der Waals surface area contributed by atoms with Gasteiger partial charge >= 0.3 is 5.97 Å². The first-order chi connectivity index (χ1) is 8.90. The first-order valence-electron chi connectivity index (χ1n) is 6.04. The molecule has 0 radical (unpaired) electrons. The smallest absolute Gasteiger partial charge is 0.314 e. The summed E-state index contributed by atoms with van der Waals surface area (Å²) in [6.07, 6.45) is 3.09. The lowest BCUT2D eigenvalue weighted by Crippen LogP contribution is -2.38. The van der Waals surface area contributed by atoms with E-state index >= 15 is 0 Å². The molecule has 0 amide bonds. The molecule has 4 nitrogen and oxygen atoms in total. The third kappa shape index (κ3) is 2.18. The number of phenolic OH excluding ortho intramolecular Hbond substituents is 2. The van der Waals surface area contributed by atoms with Crippen molar-refractivity contribution < 1.29 is 24.5 Å². The zero-order valence-electron chi connectivity index (χ0n) is 10.1. The molecule has 0 unspecified atom stereocenters. The highest BCUT2D eigenvalue weighted by Gasteiger charge is 2.45. The Labute approximate surface area is 118 Å². The fraction of sp³-hybridized carbons (Fsp3) is 0.462. The summed E-state index contributed by atoms with van der Waals surface area (Å²) in [5.41, 5.74) is -1.20. The molecule has 1 saturated carbocycles. The van der Waals surface area contributed by atoms with Gasteiger partial charge in [-0.25, -0.2) is 4.39 Å². The molecule has 0 spiro atoms. The van der Waals surface area contributed by atoms with Gasteiger partial charge in [0.2, 0.25) is 0 Å². The Kier molecular flexibility index (Phi) is 3.71. The average Bonchev–Trinajstić information content (AvgIpc) is 2.37. The van der Waals surface area contributed by atoms with E-state index in [1.54, 1.807) is 0 Å². The molecule has 1 aromatic rings. The van der Waals surface area contributed by atoms with Gasteiger partial charge in [-0.3, -0.25) is 4.79 Å². The number of aromatic hydroxyl groups is 2. The van der Waals surface area contributed by atoms with Crippen LogP contribution >= 0.6 is 15.9 Å². The maximum absolute atomic E-state index is 13.3. The summed E-state index contributed by atoms with van der Waals surface area (Å²) in [6.45, 7) is 0. The molecule has 104 valence electrons. The highest BCUT2D eigenvalue weighted by Crippen LogP contribution is 2.49. The molecule has 0 atom stereocenters. The van der Waals surface area contributed by atoms with Crippen LogP contribution in [0.2, 0.25) is 0 Å². The summed E-state index contributed by atoms with van der Waals surface area (Å²) in [6, 6.07) is 0.990. The van der Waals surface area contributed by atoms with Crippen molar-refractivity contribution in [3.63, 3.8) is 0 Å². The van der Waals surface area contributed by atoms with Crippen LogP contribution < -0.4 is 0 Å². The van der Waals surface area contributed by atoms with E-state index in [0.29, 0.717) is 12.8 Å². The van der Waals surface area contributed by atoms with Crippen molar-refractivity contribution in [2.45, 2.75) is 37.5 Å². The molecule has 0 heterocycles. The van der Waals surface area contributed by atoms with E-state index in [0.717, 1.165) is 25.3 Å². The van der Waals surface area contributed by atoms with Crippen molar-refractivity contribution in [2.24, 2.45) is 0 Å². The summed E-state index contributed by atoms with van der Waals surface area (Å²) < 4.78 is 13.5. The number of rotatable bonds is 2. The first kappa shape index (κ1) is 14.1. The molecule has 19 heavy (non-hydrogen) atoms. The van der Waals surface area contributed by atoms with Crippen LogP contribution in [0.15, 0.2) is 10.5 Å². The summed E-state index contributed by atoms with van der Waals surface area (Å²) in [7, 11) is 0. The number of carboxylic acid groups (broad SMARTS) is 1. The average molecular weight is 333 g/mol. The molecular formula is C13H14BrFO4. The Morgan fingerprint density at radius 2 is 1.79 bits per heavy atom. The minimum Gasteiger partial charge on any atom is -0.504 e. The SMILES string of the molecule is O=C(O)C1(c2c(Br)cc(F)c(O)c2O)CCCCC1. The predicted molar refractivity (Wildman–Crippen MR) is 69.8 cm³/mol. The largest absolute Gasteiger partial charge is 0.504 e. The second kappa shape index (κ2) is 5.00. The number of hydrogen-bond donors (Lipinski definition) is 3. The van der Waals surface area contributed by atoms with Gasteiger partial charge in [0.25, 0.3) is 0 Å². The van der Waals surface area contributed by atoms with E-state index in [1.165, 1.54) is 0 Å². The molecule has 1 aliphatic rings. The summed E-state index contributed by atoms with van der Waals surface area (Å²) in [5, 5.41) is 29.0. The molecule has 0 aliphatic heterocycles. The Balaban J connectivity index is 2.67. The van der Waals surface area contributed by atoms with Crippen molar-refractivity contribution in [1.29, 1.82) is 0 Å². The molecule has 0 aromatic heterocycles. The fourth-order valence-electron chi connectivity index (χ4n) is 2.78. The Bertz CT molecular complexity index is 524. The van der Waals surface area contributed by atoms with Crippen molar-refractivity contribution in [2.75, 3.05) is 0 Å². The summed E-state index contributed by atoms with van der Waals surface area (Å²) in [4.78, 5) is 11.7. The van der Waals surface area contributed by atoms with Crippen LogP contribution in [0.3, 0.4) is 0 Å². The Hall–Kier alpha value is -1.30. The second-order valence-corrected chi connectivity index (χ2v) is 5.71. The number of aliphatic carboxylic acids is 1. The van der Waals surface area contributed by atoms with Crippen molar-refractivity contribution >= 4 is 21.9 Å². The van der Waals surface area contributed by atoms with Crippen LogP contribution in [0.5, 0.6) is 11.5 Å². The van der Waals surface area contributed by atoms with Gasteiger partial charge in [-0.2, -0.15) is 0 Å². The molecule has 2 rings (SSSR count). The number of carbonyl (C=O) groups is 1. The van der Waals surface area contributed by atoms with E-state index in [1.807, 2.05) is 0 Å². The lowest BCUT2D eigenvalue weighted by molar-refractivity contribution is -0.145. The summed E-state index contributed by atoms with van der Waals surface area (Å²) >= 11 is 3.10. The first-order valence-corrected chi connectivity index (χ1v) is 6.83. The second-order valence-electron chi connectivity index (χ2n) is 4.86. The van der Waals surface area contributed by atoms with Gasteiger partial charge in [0.05, 0.1) is 5.41 Å². The van der Waals surface area contributed by atoms with Crippen LogP contribution in [0.25, 0.3) is 0 Å². The standard InChI is InChI=1S/C13H14BrFO4/c14-7-6-8(15)10(16)11(17)9(7)13(12(18)19)4-2-1-3-5-13/h6,16-17H,1-5H2,(H,18,19). The van der Waals surface area contributed by atoms with E-state index in [2.05, 4.69) is 15.9 Å². The van der Waals surface area contributed by atoms with Crippen LogP contribution in [-0.2, 0) is 10.2 Å². The van der Waals surface area contributed by atoms with Crippen molar-refractivity contribution in [3.8, 4) is 11.5 Å². The topological polar surface area (TPSA) is 77.8 Å². The number of halogens is 2. The van der Waals surface area contributed by atoms with Crippen LogP contribution in [-0.4, -0.2) is 21.3 Å². The van der Waals surface area contributed by atoms with Crippen molar-refractivity contribution in [3.05, 3.63) is 21.9 Å². The Morgan fingerprint density at radius 3 is 2.32 bits per heavy atom. The monoisotopic (exact) mass is 332 g/mol. The van der Waals surface area contributed by atoms with Crippen LogP contribution in [0.4, 0.5) is 4.39 Å². The zero-order valence-corrected chi connectivity index (χ0v) is 11.7. The van der Waals surface area contributed by atoms with Gasteiger partial charge in [-0.05, 0) is 18.9 Å². The lowest BCUT2D eigenvalue weighted by Gasteiger charge is -2.34. The van der Waals surface area contributed by atoms with Gasteiger partial charge in [0, 0.05) is 10.0 Å². The number of carboxylic acids is 1. The third-order valence-electron chi connectivity index (χ3n) is 3.77. The molecule has 0 saturated heterocycles. The van der Waals surface area contributed by atoms with E-state index in [4.69, 9.17) is 0 Å². The van der Waals surface area contributed by atoms with Gasteiger partial charge < -0.3 is 15.3 Å². The fourth-order valence-corrected chi connectivity index (χ4v) is 3.55. The molecule has 0 bridgehead atoms. The quantitative estimate of drug-likeness (QED) is 0.726. The van der Waals surface area contributed by atoms with Gasteiger partial charge in [-0.15, -0.1) is 0 Å². The summed E-state index contributed by atoms with van der Waals surface area (Å²) in [5.74, 6) is -3.63. The normalized spacial score (nSPS) is 18.2. The number of phenols is 2. The number of hydrogen-bond acceptors (Lipinski definition) is 3. The minimum atomic E-state index is -1.27. The van der Waals surface area contributed by atoms with E-state index in [-0.39, 0.29) is 10.0 Å². The minimum absolute atomic E-state index is 0.0681. The third-order valence-corrected chi connectivity index (χ3v) is 4.40. The maximum Gasteiger partial charge on any atom is 0.314 e. The molecular weight excluding hydrogens is 319 g/mol. The molecule has 3 N–H and O–H groups in total. The molecule has 6 heteroatoms. The highest BCUT2D eigenvalue weighted by molar-refractivity contribution is 9.10. The van der Waals surface area contributed by atoms with Gasteiger partial charge in [0.15, 0.2) is 17.3 Å². The highest BCUT2D eigenvalue weighted by atomic mass is 79.9. The Morgan fingerprint density at radius 1 is 1.21 bits per heavy atom. The van der Waals surface area contributed by atoms with Crippen LogP contribution in [0, 0.1) is 5.82 Å². The van der Waals surface area contributed by atoms with Crippen LogP contribution in [0.1, 0.15) is 37.7 Å².